The molecule has 0 radical (unpaired) electrons. The van der Waals surface area contributed by atoms with Gasteiger partial charge in [-0.05, 0) is 62.2 Å². The first-order valence-corrected chi connectivity index (χ1v) is 7.16. The highest BCUT2D eigenvalue weighted by Crippen LogP contribution is 2.66. The second kappa shape index (κ2) is 4.34. The first-order valence-electron chi connectivity index (χ1n) is 7.16. The molecule has 4 aliphatic carbocycles. The van der Waals surface area contributed by atoms with E-state index >= 15 is 0 Å². The van der Waals surface area contributed by atoms with Crippen LogP contribution < -0.4 is 0 Å². The molecular formula is C16H26O3. The van der Waals surface area contributed by atoms with Crippen molar-refractivity contribution < 1.29 is 15.0 Å². The number of hydrogen-bond donors (Lipinski definition) is 2. The molecule has 2 N–H and O–H groups in total. The van der Waals surface area contributed by atoms with Gasteiger partial charge in [0.2, 0.25) is 0 Å². The minimum Gasteiger partial charge on any atom is -0.478 e. The maximum absolute atomic E-state index is 10.4. The fourth-order valence-electron chi connectivity index (χ4n) is 5.39. The summed E-state index contributed by atoms with van der Waals surface area (Å²) in [7, 11) is 0. The van der Waals surface area contributed by atoms with Crippen molar-refractivity contribution >= 4 is 5.97 Å². The molecule has 4 aliphatic rings. The van der Waals surface area contributed by atoms with Crippen LogP contribution in [0.5, 0.6) is 0 Å². The van der Waals surface area contributed by atoms with Crippen LogP contribution in [0.3, 0.4) is 0 Å². The van der Waals surface area contributed by atoms with Crippen molar-refractivity contribution in [3.63, 3.8) is 0 Å². The van der Waals surface area contributed by atoms with E-state index in [9.17, 15) is 9.90 Å². The van der Waals surface area contributed by atoms with Crippen molar-refractivity contribution in [3.05, 3.63) is 12.2 Å². The van der Waals surface area contributed by atoms with Gasteiger partial charge in [0.1, 0.15) is 0 Å². The highest BCUT2D eigenvalue weighted by molar-refractivity contribution is 5.84. The van der Waals surface area contributed by atoms with Gasteiger partial charge in [0.15, 0.2) is 0 Å². The van der Waals surface area contributed by atoms with Gasteiger partial charge in [-0.3, -0.25) is 0 Å². The molecule has 0 amide bonds. The number of carboxylic acids is 1. The molecular weight excluding hydrogens is 240 g/mol. The summed E-state index contributed by atoms with van der Waals surface area (Å²) in [6.45, 7) is 9.38. The molecule has 0 spiro atoms. The Morgan fingerprint density at radius 1 is 1.11 bits per heavy atom. The Morgan fingerprint density at radius 3 is 1.79 bits per heavy atom. The molecule has 3 heteroatoms. The van der Waals surface area contributed by atoms with Gasteiger partial charge in [-0.1, -0.05) is 20.4 Å². The molecule has 0 aromatic rings. The number of rotatable bonds is 1. The summed E-state index contributed by atoms with van der Waals surface area (Å²) in [6, 6.07) is 0. The molecule has 2 atom stereocenters. The van der Waals surface area contributed by atoms with E-state index in [1.54, 1.807) is 0 Å². The van der Waals surface area contributed by atoms with Crippen LogP contribution in [0.15, 0.2) is 12.2 Å². The lowest BCUT2D eigenvalue weighted by Crippen LogP contribution is -2.58. The molecule has 0 heterocycles. The first kappa shape index (κ1) is 14.6. The van der Waals surface area contributed by atoms with Gasteiger partial charge >= 0.3 is 5.97 Å². The minimum atomic E-state index is -0.935. The summed E-state index contributed by atoms with van der Waals surface area (Å²) in [5, 5.41) is 18.3. The van der Waals surface area contributed by atoms with E-state index < -0.39 is 5.97 Å². The zero-order valence-electron chi connectivity index (χ0n) is 12.3. The molecule has 0 aromatic carbocycles. The van der Waals surface area contributed by atoms with Crippen LogP contribution in [-0.2, 0) is 4.79 Å². The lowest BCUT2D eigenvalue weighted by molar-refractivity contribution is -0.189. The van der Waals surface area contributed by atoms with E-state index in [0.717, 1.165) is 25.2 Å². The van der Waals surface area contributed by atoms with E-state index in [0.29, 0.717) is 10.8 Å². The molecule has 108 valence electrons. The number of carbonyl (C=O) groups is 1. The maximum Gasteiger partial charge on any atom is 0.330 e. The van der Waals surface area contributed by atoms with Crippen molar-refractivity contribution in [3.8, 4) is 0 Å². The molecule has 0 aliphatic heterocycles. The Labute approximate surface area is 115 Å². The van der Waals surface area contributed by atoms with E-state index in [1.165, 1.54) is 26.2 Å². The summed E-state index contributed by atoms with van der Waals surface area (Å²) < 4.78 is 0. The number of carboxylic acid groups (broad SMARTS) is 1. The highest BCUT2D eigenvalue weighted by Gasteiger charge is 2.59. The average molecular weight is 266 g/mol. The van der Waals surface area contributed by atoms with E-state index in [-0.39, 0.29) is 11.2 Å². The van der Waals surface area contributed by atoms with Crippen LogP contribution in [-0.4, -0.2) is 21.8 Å². The molecule has 19 heavy (non-hydrogen) atoms. The second-order valence-corrected chi connectivity index (χ2v) is 7.94. The lowest BCUT2D eigenvalue weighted by Gasteiger charge is -2.63. The molecule has 2 unspecified atom stereocenters. The summed E-state index contributed by atoms with van der Waals surface area (Å²) in [6.07, 6.45) is 7.37. The van der Waals surface area contributed by atoms with Gasteiger partial charge < -0.3 is 10.2 Å². The summed E-state index contributed by atoms with van der Waals surface area (Å²) in [5.74, 6) is -0.105. The normalized spacial score (nSPS) is 46.4. The van der Waals surface area contributed by atoms with Gasteiger partial charge in [0.05, 0.1) is 5.60 Å². The topological polar surface area (TPSA) is 57.5 Å². The third-order valence-corrected chi connectivity index (χ3v) is 4.96. The third kappa shape index (κ3) is 3.02. The highest BCUT2D eigenvalue weighted by atomic mass is 16.4. The smallest absolute Gasteiger partial charge is 0.330 e. The van der Waals surface area contributed by atoms with Gasteiger partial charge in [-0.25, -0.2) is 4.79 Å². The Morgan fingerprint density at radius 2 is 1.53 bits per heavy atom. The Bertz CT molecular complexity index is 349. The molecule has 4 rings (SSSR count). The van der Waals surface area contributed by atoms with Crippen molar-refractivity contribution in [2.45, 2.75) is 64.9 Å². The summed E-state index contributed by atoms with van der Waals surface area (Å²) in [5.41, 5.74) is 0.851. The Kier molecular flexibility index (Phi) is 3.33. The fraction of sp³-hybridized carbons (Fsp3) is 0.812. The van der Waals surface area contributed by atoms with E-state index in [1.807, 2.05) is 0 Å². The molecule has 4 saturated carbocycles. The molecule has 4 bridgehead atoms. The molecule has 0 saturated heterocycles. The van der Waals surface area contributed by atoms with Crippen LogP contribution in [0, 0.1) is 16.7 Å². The van der Waals surface area contributed by atoms with E-state index in [4.69, 9.17) is 5.11 Å². The van der Waals surface area contributed by atoms with Crippen molar-refractivity contribution in [2.75, 3.05) is 0 Å². The average Bonchev–Trinajstić information content (AvgIpc) is 2.09. The van der Waals surface area contributed by atoms with Crippen LogP contribution in [0.1, 0.15) is 59.3 Å². The monoisotopic (exact) mass is 266 g/mol. The number of aliphatic hydroxyl groups is 1. The lowest BCUT2D eigenvalue weighted by atomic mass is 9.44. The number of aliphatic carboxylic acids is 1. The van der Waals surface area contributed by atoms with Gasteiger partial charge in [-0.15, -0.1) is 0 Å². The summed E-state index contributed by atoms with van der Waals surface area (Å²) in [4.78, 5) is 9.60. The molecule has 3 nitrogen and oxygen atoms in total. The molecule has 0 aromatic heterocycles. The maximum atomic E-state index is 10.4. The fourth-order valence-corrected chi connectivity index (χ4v) is 5.39. The third-order valence-electron chi connectivity index (χ3n) is 4.96. The van der Waals surface area contributed by atoms with Crippen LogP contribution in [0.25, 0.3) is 0 Å². The zero-order chi connectivity index (χ0) is 14.5. The standard InChI is InChI=1S/C12H20O.C4H6O2/c1-10-3-9-4-11(2,6-10)8-12(13,5-9)7-10;1-3(2)4(5)6/h9,13H,3-8H2,1-2H3;1H2,2H3,(H,5,6). The van der Waals surface area contributed by atoms with Crippen LogP contribution in [0.2, 0.25) is 0 Å². The predicted octanol–water partition coefficient (Wildman–Crippen LogP) is 3.37. The van der Waals surface area contributed by atoms with Crippen molar-refractivity contribution in [2.24, 2.45) is 16.7 Å². The van der Waals surface area contributed by atoms with E-state index in [2.05, 4.69) is 20.4 Å². The van der Waals surface area contributed by atoms with Crippen LogP contribution >= 0.6 is 0 Å². The summed E-state index contributed by atoms with van der Waals surface area (Å²) >= 11 is 0. The van der Waals surface area contributed by atoms with Gasteiger partial charge in [-0.2, -0.15) is 0 Å². The Hall–Kier alpha value is -0.830. The largest absolute Gasteiger partial charge is 0.478 e. The predicted molar refractivity (Wildman–Crippen MR) is 74.8 cm³/mol. The van der Waals surface area contributed by atoms with Gasteiger partial charge in [0, 0.05) is 5.57 Å². The zero-order valence-corrected chi connectivity index (χ0v) is 12.3. The second-order valence-electron chi connectivity index (χ2n) is 7.94. The van der Waals surface area contributed by atoms with Gasteiger partial charge in [0.25, 0.3) is 0 Å². The quantitative estimate of drug-likeness (QED) is 0.715. The van der Waals surface area contributed by atoms with Crippen LogP contribution in [0.4, 0.5) is 0 Å². The SMILES string of the molecule is C=C(C)C(=O)O.CC12CC3CC(C)(C1)CC(O)(C3)C2. The first-order chi connectivity index (χ1) is 8.55. The van der Waals surface area contributed by atoms with Crippen molar-refractivity contribution in [1.82, 2.24) is 0 Å². The van der Waals surface area contributed by atoms with Crippen molar-refractivity contribution in [1.29, 1.82) is 0 Å². The number of hydrogen-bond acceptors (Lipinski definition) is 2. The minimum absolute atomic E-state index is 0.176. The Balaban J connectivity index is 0.000000192. The molecule has 4 fully saturated rings.